The van der Waals surface area contributed by atoms with Crippen LogP contribution in [0.4, 0.5) is 0 Å². The summed E-state index contributed by atoms with van der Waals surface area (Å²) >= 11 is 0. The summed E-state index contributed by atoms with van der Waals surface area (Å²) in [5, 5.41) is 3.21. The standard InChI is InChI=1S/C27H45N2O7P/c1-4-7-8-9-10-13-26(30)28-23(21-29-16-11-12-17-29)27(36-37(31,34-5-2)35-6-3)22-14-15-24-25(20-22)33-19-18-32-24/h14-15,20,23,27H,4-13,16-19,21H2,1-3H3,(H,28,30)/t23-,27-/m1/s1. The minimum absolute atomic E-state index is 0.0329. The minimum Gasteiger partial charge on any atom is -0.486 e. The van der Waals surface area contributed by atoms with Crippen molar-refractivity contribution in [2.24, 2.45) is 0 Å². The smallest absolute Gasteiger partial charge is 0.475 e. The third-order valence-corrected chi connectivity index (χ3v) is 8.22. The number of phosphoric acid groups is 1. The summed E-state index contributed by atoms with van der Waals surface area (Å²) in [5.74, 6) is 1.22. The minimum atomic E-state index is -3.89. The van der Waals surface area contributed by atoms with Gasteiger partial charge in [-0.25, -0.2) is 4.57 Å². The number of unbranched alkanes of at least 4 members (excludes halogenated alkanes) is 4. The van der Waals surface area contributed by atoms with E-state index < -0.39 is 20.0 Å². The monoisotopic (exact) mass is 540 g/mol. The highest BCUT2D eigenvalue weighted by Gasteiger charge is 2.37. The zero-order chi connectivity index (χ0) is 26.5. The van der Waals surface area contributed by atoms with Gasteiger partial charge in [-0.05, 0) is 63.9 Å². The Balaban J connectivity index is 1.87. The van der Waals surface area contributed by atoms with Gasteiger partial charge in [-0.15, -0.1) is 0 Å². The maximum absolute atomic E-state index is 13.5. The molecule has 3 rings (SSSR count). The highest BCUT2D eigenvalue weighted by atomic mass is 31.2. The van der Waals surface area contributed by atoms with Crippen molar-refractivity contribution >= 4 is 13.7 Å². The number of amides is 1. The van der Waals surface area contributed by atoms with E-state index in [-0.39, 0.29) is 19.1 Å². The lowest BCUT2D eigenvalue weighted by molar-refractivity contribution is -0.123. The number of benzene rings is 1. The van der Waals surface area contributed by atoms with Gasteiger partial charge in [0.25, 0.3) is 0 Å². The van der Waals surface area contributed by atoms with Crippen LogP contribution in [0.2, 0.25) is 0 Å². The fourth-order valence-corrected chi connectivity index (χ4v) is 6.16. The number of carbonyl (C=O) groups is 1. The average molecular weight is 541 g/mol. The van der Waals surface area contributed by atoms with E-state index in [0.717, 1.165) is 50.8 Å². The molecule has 0 aromatic heterocycles. The van der Waals surface area contributed by atoms with Gasteiger partial charge in [-0.1, -0.05) is 38.7 Å². The number of hydrogen-bond acceptors (Lipinski definition) is 8. The van der Waals surface area contributed by atoms with Crippen molar-refractivity contribution < 1.29 is 32.4 Å². The Morgan fingerprint density at radius 1 is 1.00 bits per heavy atom. The number of ether oxygens (including phenoxy) is 2. The van der Waals surface area contributed by atoms with Crippen LogP contribution in [0, 0.1) is 0 Å². The Labute approximate surface area is 222 Å². The zero-order valence-electron chi connectivity index (χ0n) is 22.7. The number of likely N-dealkylation sites (tertiary alicyclic amines) is 1. The van der Waals surface area contributed by atoms with Crippen molar-refractivity contribution in [3.63, 3.8) is 0 Å². The van der Waals surface area contributed by atoms with Crippen LogP contribution in [0.3, 0.4) is 0 Å². The molecule has 1 saturated heterocycles. The summed E-state index contributed by atoms with van der Waals surface area (Å²) in [4.78, 5) is 15.4. The van der Waals surface area contributed by atoms with E-state index in [1.165, 1.54) is 12.8 Å². The third-order valence-electron chi connectivity index (χ3n) is 6.58. The van der Waals surface area contributed by atoms with Crippen LogP contribution < -0.4 is 14.8 Å². The van der Waals surface area contributed by atoms with Gasteiger partial charge in [0.05, 0.1) is 19.3 Å². The van der Waals surface area contributed by atoms with Gasteiger partial charge < -0.3 is 19.7 Å². The van der Waals surface area contributed by atoms with Gasteiger partial charge in [0.15, 0.2) is 11.5 Å². The highest BCUT2D eigenvalue weighted by Crippen LogP contribution is 2.54. The molecule has 0 unspecified atom stereocenters. The molecule has 0 spiro atoms. The van der Waals surface area contributed by atoms with Gasteiger partial charge in [-0.3, -0.25) is 18.4 Å². The number of carbonyl (C=O) groups excluding carboxylic acids is 1. The molecule has 1 aromatic rings. The van der Waals surface area contributed by atoms with Crippen LogP contribution >= 0.6 is 7.82 Å². The molecular weight excluding hydrogens is 495 g/mol. The fraction of sp³-hybridized carbons (Fsp3) is 0.741. The molecule has 0 radical (unpaired) electrons. The maximum Gasteiger partial charge on any atom is 0.475 e. The number of phosphoric ester groups is 1. The first-order valence-electron chi connectivity index (χ1n) is 14.0. The Hall–Kier alpha value is -1.64. The lowest BCUT2D eigenvalue weighted by Crippen LogP contribution is -2.47. The molecule has 2 aliphatic heterocycles. The molecule has 0 saturated carbocycles. The lowest BCUT2D eigenvalue weighted by Gasteiger charge is -2.33. The number of hydrogen-bond donors (Lipinski definition) is 1. The quantitative estimate of drug-likeness (QED) is 0.200. The third kappa shape index (κ3) is 9.56. The van der Waals surface area contributed by atoms with E-state index in [2.05, 4.69) is 17.1 Å². The molecule has 1 aromatic carbocycles. The van der Waals surface area contributed by atoms with Gasteiger partial charge >= 0.3 is 7.82 Å². The van der Waals surface area contributed by atoms with Crippen LogP contribution in [-0.2, 0) is 22.9 Å². The first-order valence-corrected chi connectivity index (χ1v) is 15.4. The van der Waals surface area contributed by atoms with Crippen LogP contribution in [0.15, 0.2) is 18.2 Å². The van der Waals surface area contributed by atoms with Crippen molar-refractivity contribution in [1.82, 2.24) is 10.2 Å². The van der Waals surface area contributed by atoms with Gasteiger partial charge in [0.1, 0.15) is 19.3 Å². The van der Waals surface area contributed by atoms with Crippen molar-refractivity contribution in [2.75, 3.05) is 46.1 Å². The second kappa shape index (κ2) is 15.7. The van der Waals surface area contributed by atoms with Gasteiger partial charge in [-0.2, -0.15) is 0 Å². The summed E-state index contributed by atoms with van der Waals surface area (Å²) in [6.07, 6.45) is 7.26. The molecule has 9 nitrogen and oxygen atoms in total. The predicted molar refractivity (Wildman–Crippen MR) is 143 cm³/mol. The molecule has 0 bridgehead atoms. The second-order valence-corrected chi connectivity index (χ2v) is 11.2. The Morgan fingerprint density at radius 3 is 2.35 bits per heavy atom. The molecule has 2 atom stereocenters. The molecule has 37 heavy (non-hydrogen) atoms. The van der Waals surface area contributed by atoms with E-state index in [9.17, 15) is 9.36 Å². The molecule has 210 valence electrons. The SMILES string of the molecule is CCCCCCCC(=O)N[C@H](CN1CCCC1)[C@H](OP(=O)(OCC)OCC)c1ccc2c(c1)OCCO2. The van der Waals surface area contributed by atoms with E-state index in [1.54, 1.807) is 13.8 Å². The van der Waals surface area contributed by atoms with Crippen LogP contribution in [0.25, 0.3) is 0 Å². The normalized spacial score (nSPS) is 17.5. The van der Waals surface area contributed by atoms with E-state index >= 15 is 0 Å². The van der Waals surface area contributed by atoms with Crippen molar-refractivity contribution in [3.8, 4) is 11.5 Å². The van der Waals surface area contributed by atoms with Crippen LogP contribution in [0.1, 0.15) is 83.8 Å². The maximum atomic E-state index is 13.5. The topological polar surface area (TPSA) is 95.6 Å². The lowest BCUT2D eigenvalue weighted by atomic mass is 10.0. The first-order chi connectivity index (χ1) is 18.0. The molecule has 2 heterocycles. The van der Waals surface area contributed by atoms with Crippen LogP contribution in [-0.4, -0.2) is 62.9 Å². The summed E-state index contributed by atoms with van der Waals surface area (Å²) in [6, 6.07) is 5.08. The molecule has 2 aliphatic rings. The first kappa shape index (κ1) is 29.9. The summed E-state index contributed by atoms with van der Waals surface area (Å²) in [5.41, 5.74) is 0.719. The molecule has 1 fully saturated rings. The largest absolute Gasteiger partial charge is 0.486 e. The van der Waals surface area contributed by atoms with E-state index in [4.69, 9.17) is 23.0 Å². The molecule has 1 amide bonds. The number of rotatable bonds is 17. The van der Waals surface area contributed by atoms with Crippen molar-refractivity contribution in [1.29, 1.82) is 0 Å². The fourth-order valence-electron chi connectivity index (χ4n) is 4.79. The Morgan fingerprint density at radius 2 is 1.68 bits per heavy atom. The van der Waals surface area contributed by atoms with Gasteiger partial charge in [0, 0.05) is 13.0 Å². The summed E-state index contributed by atoms with van der Waals surface area (Å²) in [6.45, 7) is 9.42. The molecule has 0 aliphatic carbocycles. The summed E-state index contributed by atoms with van der Waals surface area (Å²) in [7, 11) is -3.89. The predicted octanol–water partition coefficient (Wildman–Crippen LogP) is 5.64. The molecule has 1 N–H and O–H groups in total. The molecular formula is C27H45N2O7P. The summed E-state index contributed by atoms with van der Waals surface area (Å²) < 4.78 is 42.2. The Bertz CT molecular complexity index is 868. The highest BCUT2D eigenvalue weighted by molar-refractivity contribution is 7.48. The Kier molecular flexibility index (Phi) is 12.7. The number of fused-ring (bicyclic) bond motifs is 1. The second-order valence-electron chi connectivity index (χ2n) is 9.56. The number of nitrogens with one attached hydrogen (secondary N) is 1. The van der Waals surface area contributed by atoms with Crippen molar-refractivity contribution in [3.05, 3.63) is 23.8 Å². The van der Waals surface area contributed by atoms with E-state index in [1.807, 2.05) is 18.2 Å². The molecule has 10 heteroatoms. The zero-order valence-corrected chi connectivity index (χ0v) is 23.6. The average Bonchev–Trinajstić information content (AvgIpc) is 3.40. The van der Waals surface area contributed by atoms with Crippen molar-refractivity contribution in [2.45, 2.75) is 84.3 Å². The van der Waals surface area contributed by atoms with Gasteiger partial charge in [0.2, 0.25) is 5.91 Å². The van der Waals surface area contributed by atoms with Crippen LogP contribution in [0.5, 0.6) is 11.5 Å². The number of nitrogens with zero attached hydrogens (tertiary/aromatic N) is 1. The van der Waals surface area contributed by atoms with E-state index in [0.29, 0.717) is 37.7 Å².